The molecule has 1 amide bonds. The molecule has 0 heterocycles. The maximum atomic E-state index is 13.9. The van der Waals surface area contributed by atoms with Gasteiger partial charge >= 0.3 is 0 Å². The van der Waals surface area contributed by atoms with Gasteiger partial charge in [-0.1, -0.05) is 11.8 Å². The van der Waals surface area contributed by atoms with E-state index < -0.39 is 33.2 Å². The monoisotopic (exact) mass is 314 g/mol. The Bertz CT molecular complexity index is 692. The number of amides is 1. The standard InChI is InChI=1S/C13H15FN2O4S/c1-16(9-13(15)18)21(19,20)12-6-5-10(8-11(12)14)4-2-3-7-17/h5-6,8,17H,3,7,9H2,1H3,(H2,15,18). The molecule has 0 fully saturated rings. The van der Waals surface area contributed by atoms with Crippen LogP contribution in [0.1, 0.15) is 12.0 Å². The highest BCUT2D eigenvalue weighted by Crippen LogP contribution is 2.19. The molecule has 0 aliphatic heterocycles. The smallest absolute Gasteiger partial charge is 0.246 e. The molecule has 0 spiro atoms. The maximum Gasteiger partial charge on any atom is 0.246 e. The molecule has 1 rings (SSSR count). The van der Waals surface area contributed by atoms with Crippen LogP contribution in [-0.2, 0) is 14.8 Å². The summed E-state index contributed by atoms with van der Waals surface area (Å²) in [5, 5.41) is 8.58. The average Bonchev–Trinajstić information content (AvgIpc) is 2.38. The van der Waals surface area contributed by atoms with Gasteiger partial charge < -0.3 is 10.8 Å². The molecule has 0 aromatic heterocycles. The molecule has 3 N–H and O–H groups in total. The first-order chi connectivity index (χ1) is 9.78. The lowest BCUT2D eigenvalue weighted by Gasteiger charge is -2.15. The maximum absolute atomic E-state index is 13.9. The highest BCUT2D eigenvalue weighted by Gasteiger charge is 2.25. The van der Waals surface area contributed by atoms with Gasteiger partial charge in [0.2, 0.25) is 15.9 Å². The van der Waals surface area contributed by atoms with E-state index in [0.29, 0.717) is 4.31 Å². The Morgan fingerprint density at radius 3 is 2.67 bits per heavy atom. The quantitative estimate of drug-likeness (QED) is 0.726. The normalized spacial score (nSPS) is 11.0. The minimum atomic E-state index is -4.14. The molecule has 8 heteroatoms. The number of hydrogen-bond donors (Lipinski definition) is 2. The van der Waals surface area contributed by atoms with E-state index in [9.17, 15) is 17.6 Å². The summed E-state index contributed by atoms with van der Waals surface area (Å²) in [6, 6.07) is 3.40. The van der Waals surface area contributed by atoms with E-state index in [-0.39, 0.29) is 18.6 Å². The van der Waals surface area contributed by atoms with Crippen LogP contribution in [0.2, 0.25) is 0 Å². The minimum absolute atomic E-state index is 0.111. The Morgan fingerprint density at radius 1 is 1.48 bits per heavy atom. The van der Waals surface area contributed by atoms with E-state index >= 15 is 0 Å². The van der Waals surface area contributed by atoms with Gasteiger partial charge in [-0.15, -0.1) is 0 Å². The topological polar surface area (TPSA) is 101 Å². The summed E-state index contributed by atoms with van der Waals surface area (Å²) >= 11 is 0. The highest BCUT2D eigenvalue weighted by atomic mass is 32.2. The molecule has 0 saturated heterocycles. The Labute approximate surface area is 122 Å². The van der Waals surface area contributed by atoms with Crippen LogP contribution in [-0.4, -0.2) is 43.9 Å². The number of nitrogens with zero attached hydrogens (tertiary/aromatic N) is 1. The van der Waals surface area contributed by atoms with Crippen LogP contribution in [0, 0.1) is 17.7 Å². The molecular weight excluding hydrogens is 299 g/mol. The van der Waals surface area contributed by atoms with Gasteiger partial charge in [-0.25, -0.2) is 12.8 Å². The van der Waals surface area contributed by atoms with Crippen molar-refractivity contribution in [1.82, 2.24) is 4.31 Å². The molecule has 0 radical (unpaired) electrons. The summed E-state index contributed by atoms with van der Waals surface area (Å²) in [5.74, 6) is 3.38. The third kappa shape index (κ3) is 4.53. The van der Waals surface area contributed by atoms with Gasteiger partial charge in [-0.05, 0) is 18.2 Å². The number of benzene rings is 1. The van der Waals surface area contributed by atoms with Crippen molar-refractivity contribution in [3.63, 3.8) is 0 Å². The number of primary amides is 1. The Hall–Kier alpha value is -1.95. The molecule has 0 aliphatic carbocycles. The van der Waals surface area contributed by atoms with Crippen molar-refractivity contribution in [3.8, 4) is 11.8 Å². The molecule has 0 unspecified atom stereocenters. The number of rotatable bonds is 5. The Kier molecular flexibility index (Phi) is 5.84. The van der Waals surface area contributed by atoms with E-state index in [1.54, 1.807) is 0 Å². The zero-order valence-corrected chi connectivity index (χ0v) is 12.2. The van der Waals surface area contributed by atoms with Crippen LogP contribution in [0.15, 0.2) is 23.1 Å². The second-order valence-corrected chi connectivity index (χ2v) is 6.16. The largest absolute Gasteiger partial charge is 0.395 e. The lowest BCUT2D eigenvalue weighted by molar-refractivity contribution is -0.118. The van der Waals surface area contributed by atoms with Crippen molar-refractivity contribution in [2.75, 3.05) is 20.2 Å². The summed E-state index contributed by atoms with van der Waals surface area (Å²) in [5.41, 5.74) is 5.21. The van der Waals surface area contributed by atoms with Crippen molar-refractivity contribution >= 4 is 15.9 Å². The summed E-state index contributed by atoms with van der Waals surface area (Å²) in [7, 11) is -3.00. The number of sulfonamides is 1. The zero-order valence-electron chi connectivity index (χ0n) is 11.3. The summed E-state index contributed by atoms with van der Waals surface area (Å²) in [6.07, 6.45) is 0.239. The number of aliphatic hydroxyl groups is 1. The minimum Gasteiger partial charge on any atom is -0.395 e. The fourth-order valence-electron chi connectivity index (χ4n) is 1.48. The molecule has 0 bridgehead atoms. The first-order valence-corrected chi connectivity index (χ1v) is 7.37. The Balaban J connectivity index is 3.10. The van der Waals surface area contributed by atoms with Crippen LogP contribution in [0.3, 0.4) is 0 Å². The number of aliphatic hydroxyl groups excluding tert-OH is 1. The molecule has 0 aliphatic rings. The number of carbonyl (C=O) groups excluding carboxylic acids is 1. The zero-order chi connectivity index (χ0) is 16.0. The van der Waals surface area contributed by atoms with Gasteiger partial charge in [0.25, 0.3) is 0 Å². The number of carbonyl (C=O) groups is 1. The number of halogens is 1. The first-order valence-electron chi connectivity index (χ1n) is 5.93. The fourth-order valence-corrected chi connectivity index (χ4v) is 2.66. The lowest BCUT2D eigenvalue weighted by Crippen LogP contribution is -2.35. The predicted octanol–water partition coefficient (Wildman–Crippen LogP) is -0.335. The molecule has 1 aromatic rings. The van der Waals surface area contributed by atoms with E-state index in [1.807, 2.05) is 0 Å². The van der Waals surface area contributed by atoms with Crippen molar-refractivity contribution in [2.24, 2.45) is 5.73 Å². The van der Waals surface area contributed by atoms with Crippen LogP contribution in [0.5, 0.6) is 0 Å². The third-order valence-corrected chi connectivity index (χ3v) is 4.30. The third-order valence-electron chi connectivity index (χ3n) is 2.47. The molecule has 1 aromatic carbocycles. The number of nitrogens with two attached hydrogens (primary N) is 1. The van der Waals surface area contributed by atoms with Crippen LogP contribution in [0.4, 0.5) is 4.39 Å². The van der Waals surface area contributed by atoms with Gasteiger partial charge in [0.05, 0.1) is 13.2 Å². The van der Waals surface area contributed by atoms with Crippen LogP contribution in [0.25, 0.3) is 0 Å². The van der Waals surface area contributed by atoms with Crippen molar-refractivity contribution in [3.05, 3.63) is 29.6 Å². The van der Waals surface area contributed by atoms with Crippen molar-refractivity contribution in [1.29, 1.82) is 0 Å². The van der Waals surface area contributed by atoms with E-state index in [2.05, 4.69) is 11.8 Å². The molecule has 0 saturated carbocycles. The number of likely N-dealkylation sites (N-methyl/N-ethyl adjacent to an activating group) is 1. The number of hydrogen-bond acceptors (Lipinski definition) is 4. The van der Waals surface area contributed by atoms with Crippen LogP contribution < -0.4 is 5.73 Å². The second kappa shape index (κ2) is 7.17. The molecule has 114 valence electrons. The van der Waals surface area contributed by atoms with Gasteiger partial charge in [0.15, 0.2) is 0 Å². The fraction of sp³-hybridized carbons (Fsp3) is 0.308. The van der Waals surface area contributed by atoms with E-state index in [0.717, 1.165) is 19.2 Å². The van der Waals surface area contributed by atoms with E-state index in [1.165, 1.54) is 6.07 Å². The predicted molar refractivity (Wildman–Crippen MR) is 74.0 cm³/mol. The Morgan fingerprint density at radius 2 is 2.14 bits per heavy atom. The van der Waals surface area contributed by atoms with Gasteiger partial charge in [0.1, 0.15) is 10.7 Å². The van der Waals surface area contributed by atoms with Crippen molar-refractivity contribution < 1.29 is 22.7 Å². The lowest BCUT2D eigenvalue weighted by atomic mass is 10.2. The summed E-state index contributed by atoms with van der Waals surface area (Å²) < 4.78 is 38.7. The molecule has 21 heavy (non-hydrogen) atoms. The molecule has 0 atom stereocenters. The first kappa shape index (κ1) is 17.1. The van der Waals surface area contributed by atoms with Gasteiger partial charge in [0, 0.05) is 19.0 Å². The highest BCUT2D eigenvalue weighted by molar-refractivity contribution is 7.89. The summed E-state index contributed by atoms with van der Waals surface area (Å²) in [6.45, 7) is -0.653. The SMILES string of the molecule is CN(CC(N)=O)S(=O)(=O)c1ccc(C#CCCO)cc1F. The van der Waals surface area contributed by atoms with Gasteiger partial charge in [-0.3, -0.25) is 4.79 Å². The molecular formula is C13H15FN2O4S. The molecule has 6 nitrogen and oxygen atoms in total. The van der Waals surface area contributed by atoms with Gasteiger partial charge in [-0.2, -0.15) is 4.31 Å². The summed E-state index contributed by atoms with van der Waals surface area (Å²) in [4.78, 5) is 10.2. The van der Waals surface area contributed by atoms with Crippen molar-refractivity contribution in [2.45, 2.75) is 11.3 Å². The van der Waals surface area contributed by atoms with E-state index in [4.69, 9.17) is 10.8 Å². The second-order valence-electron chi connectivity index (χ2n) is 4.15. The average molecular weight is 314 g/mol. The van der Waals surface area contributed by atoms with Crippen LogP contribution >= 0.6 is 0 Å².